The highest BCUT2D eigenvalue weighted by Gasteiger charge is 2.30. The number of anilines is 1. The number of carbonyl (C=O) groups is 1. The number of carbonyl (C=O) groups excluding carboxylic acids is 1. The van der Waals surface area contributed by atoms with Gasteiger partial charge in [0.15, 0.2) is 0 Å². The minimum absolute atomic E-state index is 0.128. The third kappa shape index (κ3) is 3.51. The highest BCUT2D eigenvalue weighted by molar-refractivity contribution is 5.86. The highest BCUT2D eigenvalue weighted by atomic mass is 16.6. The maximum atomic E-state index is 11.8. The second kappa shape index (κ2) is 6.13. The number of benzene rings is 1. The topological polar surface area (TPSA) is 99.1 Å². The van der Waals surface area contributed by atoms with Crippen LogP contribution in [0.1, 0.15) is 12.5 Å². The van der Waals surface area contributed by atoms with Crippen LogP contribution >= 0.6 is 0 Å². The molecule has 0 fully saturated rings. The van der Waals surface area contributed by atoms with Crippen LogP contribution in [0.3, 0.4) is 0 Å². The van der Waals surface area contributed by atoms with E-state index in [1.807, 2.05) is 25.1 Å². The Morgan fingerprint density at radius 1 is 1.39 bits per heavy atom. The summed E-state index contributed by atoms with van der Waals surface area (Å²) < 4.78 is 15.4. The lowest BCUT2D eigenvalue weighted by Gasteiger charge is -2.30. The molecule has 1 aliphatic heterocycles. The van der Waals surface area contributed by atoms with E-state index in [9.17, 15) is 4.79 Å². The highest BCUT2D eigenvalue weighted by Crippen LogP contribution is 2.30. The van der Waals surface area contributed by atoms with Gasteiger partial charge in [-0.25, -0.2) is 4.79 Å². The molecule has 2 aromatic rings. The molecular weight excluding hydrogens is 298 g/mol. The van der Waals surface area contributed by atoms with Crippen molar-refractivity contribution in [3.8, 4) is 5.95 Å². The lowest BCUT2D eigenvalue weighted by molar-refractivity contribution is 0.106. The van der Waals surface area contributed by atoms with E-state index in [0.717, 1.165) is 5.56 Å². The lowest BCUT2D eigenvalue weighted by atomic mass is 9.92. The summed E-state index contributed by atoms with van der Waals surface area (Å²) >= 11 is 0. The number of aliphatic imine (C=N–C) groups is 1. The molecule has 3 rings (SSSR count). The number of ether oxygens (including phenoxy) is 2. The van der Waals surface area contributed by atoms with Crippen LogP contribution in [0.25, 0.3) is 0 Å². The molecule has 0 aliphatic carbocycles. The zero-order valence-corrected chi connectivity index (χ0v) is 12.6. The van der Waals surface area contributed by atoms with Gasteiger partial charge in [0.2, 0.25) is 0 Å². The quantitative estimate of drug-likeness (QED) is 0.906. The minimum Gasteiger partial charge on any atom is -0.434 e. The van der Waals surface area contributed by atoms with Gasteiger partial charge in [-0.3, -0.25) is 10.3 Å². The molecule has 1 atom stereocenters. The summed E-state index contributed by atoms with van der Waals surface area (Å²) in [4.78, 5) is 16.3. The third-order valence-corrected chi connectivity index (χ3v) is 3.44. The van der Waals surface area contributed by atoms with E-state index >= 15 is 0 Å². The Bertz CT molecular complexity index is 727. The average Bonchev–Trinajstić information content (AvgIpc) is 3.00. The fourth-order valence-corrected chi connectivity index (χ4v) is 2.37. The van der Waals surface area contributed by atoms with Crippen LogP contribution in [0.4, 0.5) is 10.5 Å². The molecule has 7 nitrogen and oxygen atoms in total. The summed E-state index contributed by atoms with van der Waals surface area (Å²) in [5.74, 6) is 0.581. The number of furan rings is 1. The van der Waals surface area contributed by atoms with E-state index in [2.05, 4.69) is 10.3 Å². The van der Waals surface area contributed by atoms with Crippen molar-refractivity contribution in [2.24, 2.45) is 10.7 Å². The first-order chi connectivity index (χ1) is 11.0. The summed E-state index contributed by atoms with van der Waals surface area (Å²) in [5.41, 5.74) is 6.66. The van der Waals surface area contributed by atoms with Crippen LogP contribution in [-0.4, -0.2) is 25.1 Å². The number of amides is 1. The van der Waals surface area contributed by atoms with Crippen molar-refractivity contribution >= 4 is 17.6 Å². The fraction of sp³-hybridized carbons (Fsp3) is 0.250. The largest absolute Gasteiger partial charge is 0.434 e. The molecule has 1 unspecified atom stereocenters. The summed E-state index contributed by atoms with van der Waals surface area (Å²) in [6.07, 6.45) is 0.792. The summed E-state index contributed by atoms with van der Waals surface area (Å²) in [7, 11) is 0. The monoisotopic (exact) mass is 315 g/mol. The number of rotatable bonds is 3. The van der Waals surface area contributed by atoms with Crippen molar-refractivity contribution in [3.63, 3.8) is 0 Å². The Morgan fingerprint density at radius 2 is 2.26 bits per heavy atom. The maximum Gasteiger partial charge on any atom is 0.419 e. The molecule has 0 radical (unpaired) electrons. The van der Waals surface area contributed by atoms with Crippen LogP contribution in [0.15, 0.2) is 52.1 Å². The molecule has 0 spiro atoms. The van der Waals surface area contributed by atoms with Gasteiger partial charge in [-0.1, -0.05) is 12.1 Å². The Morgan fingerprint density at radius 3 is 3.00 bits per heavy atom. The Labute approximate surface area is 133 Å². The van der Waals surface area contributed by atoms with Crippen LogP contribution in [0.5, 0.6) is 5.95 Å². The van der Waals surface area contributed by atoms with Crippen LogP contribution in [0.2, 0.25) is 0 Å². The Balaban J connectivity index is 1.75. The van der Waals surface area contributed by atoms with Crippen LogP contribution < -0.4 is 15.8 Å². The molecule has 2 heterocycles. The zero-order chi connectivity index (χ0) is 16.3. The molecule has 0 saturated carbocycles. The van der Waals surface area contributed by atoms with Crippen molar-refractivity contribution in [1.82, 2.24) is 0 Å². The number of nitrogens with two attached hydrogens (primary N) is 1. The molecule has 1 aromatic heterocycles. The first-order valence-electron chi connectivity index (χ1n) is 7.10. The van der Waals surface area contributed by atoms with E-state index in [0.29, 0.717) is 24.7 Å². The van der Waals surface area contributed by atoms with Gasteiger partial charge < -0.3 is 19.6 Å². The second-order valence-corrected chi connectivity index (χ2v) is 5.40. The normalized spacial score (nSPS) is 20.7. The van der Waals surface area contributed by atoms with E-state index in [4.69, 9.17) is 19.6 Å². The predicted octanol–water partition coefficient (Wildman–Crippen LogP) is 2.49. The fourth-order valence-electron chi connectivity index (χ4n) is 2.37. The number of amidine groups is 1. The molecule has 7 heteroatoms. The van der Waals surface area contributed by atoms with Crippen molar-refractivity contribution in [2.75, 3.05) is 18.5 Å². The van der Waals surface area contributed by atoms with Crippen LogP contribution in [0, 0.1) is 0 Å². The average molecular weight is 315 g/mol. The molecule has 1 amide bonds. The lowest BCUT2D eigenvalue weighted by Crippen LogP contribution is -2.37. The molecule has 1 aromatic carbocycles. The number of nitrogens with zero attached hydrogens (tertiary/aromatic N) is 1. The summed E-state index contributed by atoms with van der Waals surface area (Å²) in [6.45, 7) is 2.69. The van der Waals surface area contributed by atoms with E-state index in [1.165, 1.54) is 6.26 Å². The molecule has 0 saturated heterocycles. The number of hydrogen-bond donors (Lipinski definition) is 2. The van der Waals surface area contributed by atoms with Gasteiger partial charge in [0, 0.05) is 11.8 Å². The number of hydrogen-bond acceptors (Lipinski definition) is 6. The van der Waals surface area contributed by atoms with Crippen molar-refractivity contribution < 1.29 is 18.7 Å². The second-order valence-electron chi connectivity index (χ2n) is 5.40. The predicted molar refractivity (Wildman–Crippen MR) is 84.6 cm³/mol. The minimum atomic E-state index is -0.634. The molecule has 120 valence electrons. The molecule has 0 bridgehead atoms. The SMILES string of the molecule is CC1(c2cccc(NC(=O)Oc3ccco3)c2)COCC(N)=N1. The van der Waals surface area contributed by atoms with E-state index < -0.39 is 11.6 Å². The van der Waals surface area contributed by atoms with Crippen LogP contribution in [-0.2, 0) is 10.3 Å². The standard InChI is InChI=1S/C16H17N3O4/c1-16(10-21-9-13(17)19-16)11-4-2-5-12(8-11)18-15(20)23-14-6-3-7-22-14/h2-8H,9-10H2,1H3,(H2,17,19)(H,18,20). The smallest absolute Gasteiger partial charge is 0.419 e. The van der Waals surface area contributed by atoms with Gasteiger partial charge in [0.1, 0.15) is 18.0 Å². The maximum absolute atomic E-state index is 11.8. The van der Waals surface area contributed by atoms with Crippen molar-refractivity contribution in [3.05, 3.63) is 48.2 Å². The van der Waals surface area contributed by atoms with Gasteiger partial charge in [-0.05, 0) is 30.7 Å². The van der Waals surface area contributed by atoms with Gasteiger partial charge in [0.25, 0.3) is 5.95 Å². The Hall–Kier alpha value is -2.80. The molecule has 3 N–H and O–H groups in total. The van der Waals surface area contributed by atoms with Gasteiger partial charge in [-0.2, -0.15) is 0 Å². The molecule has 1 aliphatic rings. The van der Waals surface area contributed by atoms with Crippen molar-refractivity contribution in [1.29, 1.82) is 0 Å². The molecule has 23 heavy (non-hydrogen) atoms. The van der Waals surface area contributed by atoms with Gasteiger partial charge in [0.05, 0.1) is 12.9 Å². The van der Waals surface area contributed by atoms with Gasteiger partial charge >= 0.3 is 6.09 Å². The first-order valence-corrected chi connectivity index (χ1v) is 7.10. The zero-order valence-electron chi connectivity index (χ0n) is 12.6. The summed E-state index contributed by atoms with van der Waals surface area (Å²) in [6, 6.07) is 10.5. The first kappa shape index (κ1) is 15.1. The molecular formula is C16H17N3O4. The summed E-state index contributed by atoms with van der Waals surface area (Å²) in [5, 5.41) is 2.65. The third-order valence-electron chi connectivity index (χ3n) is 3.44. The van der Waals surface area contributed by atoms with E-state index in [-0.39, 0.29) is 5.95 Å². The Kier molecular flexibility index (Phi) is 4.03. The van der Waals surface area contributed by atoms with Crippen molar-refractivity contribution in [2.45, 2.75) is 12.5 Å². The number of nitrogens with one attached hydrogen (secondary N) is 1. The van der Waals surface area contributed by atoms with Gasteiger partial charge in [-0.15, -0.1) is 0 Å². The van der Waals surface area contributed by atoms with E-state index in [1.54, 1.807) is 18.2 Å².